The molecule has 0 spiro atoms. The van der Waals surface area contributed by atoms with Crippen molar-refractivity contribution in [3.05, 3.63) is 68.8 Å². The normalized spacial score (nSPS) is 11.5. The zero-order chi connectivity index (χ0) is 18.4. The molecule has 0 saturated carbocycles. The number of hydrogen-bond acceptors (Lipinski definition) is 4. The highest BCUT2D eigenvalue weighted by Crippen LogP contribution is 2.33. The van der Waals surface area contributed by atoms with E-state index in [-0.39, 0.29) is 5.56 Å². The maximum atomic E-state index is 12.4. The van der Waals surface area contributed by atoms with Gasteiger partial charge in [0.05, 0.1) is 5.75 Å². The van der Waals surface area contributed by atoms with Crippen LogP contribution in [0.4, 0.5) is 0 Å². The van der Waals surface area contributed by atoms with E-state index >= 15 is 0 Å². The van der Waals surface area contributed by atoms with E-state index in [9.17, 15) is 4.79 Å². The average molecular weight is 364 g/mol. The summed E-state index contributed by atoms with van der Waals surface area (Å²) in [6.45, 7) is 8.56. The predicted octanol–water partition coefficient (Wildman–Crippen LogP) is 5.20. The number of nitrogens with one attached hydrogen (secondary N) is 1. The summed E-state index contributed by atoms with van der Waals surface area (Å²) in [5.74, 6) is 1.27. The lowest BCUT2D eigenvalue weighted by Gasteiger charge is -2.14. The largest absolute Gasteiger partial charge is 0.449 e. The Hall–Kier alpha value is -2.53. The second kappa shape index (κ2) is 6.32. The third-order valence-electron chi connectivity index (χ3n) is 4.93. The summed E-state index contributed by atoms with van der Waals surface area (Å²) in [5.41, 5.74) is 6.53. The van der Waals surface area contributed by atoms with Crippen LogP contribution in [0.1, 0.15) is 28.1 Å². The van der Waals surface area contributed by atoms with Crippen LogP contribution in [0.15, 0.2) is 44.4 Å². The smallest absolute Gasteiger partial charge is 0.294 e. The third kappa shape index (κ3) is 2.72. The molecule has 1 N–H and O–H groups in total. The van der Waals surface area contributed by atoms with Crippen molar-refractivity contribution >= 4 is 33.8 Å². The quantitative estimate of drug-likeness (QED) is 0.508. The van der Waals surface area contributed by atoms with Crippen LogP contribution < -0.4 is 5.56 Å². The molecule has 4 aromatic rings. The molecule has 4 rings (SSSR count). The molecule has 0 amide bonds. The minimum Gasteiger partial charge on any atom is -0.449 e. The van der Waals surface area contributed by atoms with E-state index in [1.54, 1.807) is 11.8 Å². The summed E-state index contributed by atoms with van der Waals surface area (Å²) in [4.78, 5) is 21.2. The Bertz CT molecular complexity index is 1180. The monoisotopic (exact) mass is 364 g/mol. The number of aromatic amines is 1. The van der Waals surface area contributed by atoms with Gasteiger partial charge in [0.2, 0.25) is 5.58 Å². The summed E-state index contributed by atoms with van der Waals surface area (Å²) < 4.78 is 5.66. The number of benzene rings is 2. The lowest BCUT2D eigenvalue weighted by molar-refractivity contribution is 0.660. The zero-order valence-electron chi connectivity index (χ0n) is 15.3. The van der Waals surface area contributed by atoms with Gasteiger partial charge in [-0.3, -0.25) is 4.79 Å². The molecule has 2 aromatic carbocycles. The van der Waals surface area contributed by atoms with Gasteiger partial charge in [0.1, 0.15) is 16.9 Å². The molecule has 0 aliphatic rings. The molecule has 2 heterocycles. The molecule has 0 atom stereocenters. The minimum absolute atomic E-state index is 0.226. The summed E-state index contributed by atoms with van der Waals surface area (Å²) in [6, 6.07) is 9.83. The number of hydrogen-bond donors (Lipinski definition) is 1. The van der Waals surface area contributed by atoms with Crippen LogP contribution in [0.25, 0.3) is 22.1 Å². The number of H-pyrrole nitrogens is 1. The van der Waals surface area contributed by atoms with E-state index in [0.29, 0.717) is 28.3 Å². The second-order valence-electron chi connectivity index (χ2n) is 6.67. The number of rotatable bonds is 3. The number of furan rings is 1. The first kappa shape index (κ1) is 16.9. The average Bonchev–Trinajstić information content (AvgIpc) is 3.00. The number of para-hydroxylation sites is 1. The van der Waals surface area contributed by atoms with Gasteiger partial charge in [-0.25, -0.2) is 4.98 Å². The van der Waals surface area contributed by atoms with Crippen molar-refractivity contribution in [2.45, 2.75) is 38.3 Å². The number of fused-ring (bicyclic) bond motifs is 3. The molecule has 0 saturated heterocycles. The zero-order valence-corrected chi connectivity index (χ0v) is 16.1. The Morgan fingerprint density at radius 3 is 2.50 bits per heavy atom. The Labute approximate surface area is 155 Å². The van der Waals surface area contributed by atoms with E-state index in [0.717, 1.165) is 5.39 Å². The lowest BCUT2D eigenvalue weighted by atomic mass is 10.0. The molecule has 0 unspecified atom stereocenters. The Morgan fingerprint density at radius 2 is 1.77 bits per heavy atom. The number of nitrogens with zero attached hydrogens (tertiary/aromatic N) is 1. The number of thioether (sulfide) groups is 1. The molecule has 0 fully saturated rings. The Balaban J connectivity index is 1.75. The fourth-order valence-corrected chi connectivity index (χ4v) is 4.43. The van der Waals surface area contributed by atoms with Gasteiger partial charge in [0, 0.05) is 10.3 Å². The SMILES string of the molecule is Cc1cc(C)c(C)c(SCc2nc3c(oc4ccccc43)c(=O)[nH]2)c1C. The lowest BCUT2D eigenvalue weighted by Crippen LogP contribution is -2.10. The van der Waals surface area contributed by atoms with Crippen LogP contribution in [0.5, 0.6) is 0 Å². The second-order valence-corrected chi connectivity index (χ2v) is 7.65. The molecule has 4 nitrogen and oxygen atoms in total. The van der Waals surface area contributed by atoms with Crippen molar-refractivity contribution in [1.82, 2.24) is 9.97 Å². The molecule has 5 heteroatoms. The topological polar surface area (TPSA) is 58.9 Å². The number of aromatic nitrogens is 2. The van der Waals surface area contributed by atoms with Crippen LogP contribution in [0.2, 0.25) is 0 Å². The van der Waals surface area contributed by atoms with Gasteiger partial charge in [-0.2, -0.15) is 0 Å². The summed E-state index contributed by atoms with van der Waals surface area (Å²) in [6.07, 6.45) is 0. The van der Waals surface area contributed by atoms with Crippen LogP contribution in [0, 0.1) is 27.7 Å². The van der Waals surface area contributed by atoms with Crippen molar-refractivity contribution in [3.63, 3.8) is 0 Å². The molecule has 132 valence electrons. The highest BCUT2D eigenvalue weighted by atomic mass is 32.2. The van der Waals surface area contributed by atoms with Gasteiger partial charge in [0.25, 0.3) is 5.56 Å². The molecule has 0 aliphatic carbocycles. The van der Waals surface area contributed by atoms with Crippen molar-refractivity contribution in [2.75, 3.05) is 0 Å². The summed E-state index contributed by atoms with van der Waals surface area (Å²) in [7, 11) is 0. The Kier molecular flexibility index (Phi) is 4.11. The summed E-state index contributed by atoms with van der Waals surface area (Å²) >= 11 is 1.72. The van der Waals surface area contributed by atoms with E-state index in [4.69, 9.17) is 4.42 Å². The molecule has 0 aliphatic heterocycles. The van der Waals surface area contributed by atoms with E-state index in [2.05, 4.69) is 43.7 Å². The van der Waals surface area contributed by atoms with Crippen LogP contribution in [0.3, 0.4) is 0 Å². The van der Waals surface area contributed by atoms with Gasteiger partial charge in [-0.15, -0.1) is 11.8 Å². The van der Waals surface area contributed by atoms with Gasteiger partial charge in [-0.05, 0) is 62.1 Å². The fourth-order valence-electron chi connectivity index (χ4n) is 3.25. The van der Waals surface area contributed by atoms with Crippen LogP contribution in [-0.2, 0) is 5.75 Å². The standard InChI is InChI=1S/C21H20N2O2S/c1-11-9-12(2)14(4)20(13(11)3)26-10-17-22-18-15-7-5-6-8-16(15)25-19(18)21(24)23-17/h5-9H,10H2,1-4H3,(H,22,23,24). The highest BCUT2D eigenvalue weighted by molar-refractivity contribution is 7.98. The predicted molar refractivity (Wildman–Crippen MR) is 107 cm³/mol. The van der Waals surface area contributed by atoms with E-state index in [1.165, 1.54) is 27.1 Å². The van der Waals surface area contributed by atoms with Crippen molar-refractivity contribution in [3.8, 4) is 0 Å². The van der Waals surface area contributed by atoms with E-state index in [1.807, 2.05) is 24.3 Å². The first-order valence-corrected chi connectivity index (χ1v) is 9.55. The number of aryl methyl sites for hydroxylation is 2. The molecular formula is C21H20N2O2S. The van der Waals surface area contributed by atoms with Crippen molar-refractivity contribution < 1.29 is 4.42 Å². The highest BCUT2D eigenvalue weighted by Gasteiger charge is 2.14. The van der Waals surface area contributed by atoms with Gasteiger partial charge in [-0.1, -0.05) is 18.2 Å². The molecule has 0 radical (unpaired) electrons. The minimum atomic E-state index is -0.226. The maximum Gasteiger partial charge on any atom is 0.294 e. The fraction of sp³-hybridized carbons (Fsp3) is 0.238. The van der Waals surface area contributed by atoms with Gasteiger partial charge < -0.3 is 9.40 Å². The molecule has 26 heavy (non-hydrogen) atoms. The first-order valence-electron chi connectivity index (χ1n) is 8.56. The Morgan fingerprint density at radius 1 is 1.08 bits per heavy atom. The molecule has 2 aromatic heterocycles. The first-order chi connectivity index (χ1) is 12.5. The van der Waals surface area contributed by atoms with Crippen LogP contribution >= 0.6 is 11.8 Å². The van der Waals surface area contributed by atoms with Gasteiger partial charge >= 0.3 is 0 Å². The van der Waals surface area contributed by atoms with Gasteiger partial charge in [0.15, 0.2) is 0 Å². The summed E-state index contributed by atoms with van der Waals surface area (Å²) in [5, 5.41) is 0.874. The van der Waals surface area contributed by atoms with E-state index < -0.39 is 0 Å². The van der Waals surface area contributed by atoms with Crippen molar-refractivity contribution in [2.24, 2.45) is 0 Å². The van der Waals surface area contributed by atoms with Crippen molar-refractivity contribution in [1.29, 1.82) is 0 Å². The maximum absolute atomic E-state index is 12.4. The third-order valence-corrected chi connectivity index (χ3v) is 6.25. The molecule has 0 bridgehead atoms. The molecular weight excluding hydrogens is 344 g/mol. The van der Waals surface area contributed by atoms with Crippen LogP contribution in [-0.4, -0.2) is 9.97 Å².